The molecule has 1 saturated heterocycles. The minimum absolute atomic E-state index is 0.0195. The second-order valence-corrected chi connectivity index (χ2v) is 7.81. The normalized spacial score (nSPS) is 21.3. The largest absolute Gasteiger partial charge is 0.379 e. The third kappa shape index (κ3) is 4.93. The van der Waals surface area contributed by atoms with Gasteiger partial charge in [-0.1, -0.05) is 53.4 Å². The number of morpholine rings is 1. The van der Waals surface area contributed by atoms with Gasteiger partial charge in [0.15, 0.2) is 0 Å². The summed E-state index contributed by atoms with van der Waals surface area (Å²) in [7, 11) is 0. The fourth-order valence-electron chi connectivity index (χ4n) is 3.94. The molecule has 1 amide bonds. The van der Waals surface area contributed by atoms with Gasteiger partial charge in [-0.3, -0.25) is 9.69 Å². The van der Waals surface area contributed by atoms with Crippen molar-refractivity contribution in [3.8, 4) is 0 Å². The first-order valence-corrected chi connectivity index (χ1v) is 10.0. The van der Waals surface area contributed by atoms with E-state index in [4.69, 9.17) is 4.74 Å². The summed E-state index contributed by atoms with van der Waals surface area (Å²) in [5, 5.41) is 3.16. The van der Waals surface area contributed by atoms with Crippen molar-refractivity contribution in [3.05, 3.63) is 40.4 Å². The molecule has 1 aromatic carbocycles. The first kappa shape index (κ1) is 18.6. The smallest absolute Gasteiger partial charge is 0.244 e. The van der Waals surface area contributed by atoms with Crippen molar-refractivity contribution in [2.75, 3.05) is 32.8 Å². The number of benzene rings is 1. The Labute approximate surface area is 158 Å². The van der Waals surface area contributed by atoms with Crippen LogP contribution in [0.2, 0.25) is 0 Å². The summed E-state index contributed by atoms with van der Waals surface area (Å²) in [4.78, 5) is 14.9. The van der Waals surface area contributed by atoms with E-state index in [2.05, 4.69) is 26.1 Å². The van der Waals surface area contributed by atoms with Crippen LogP contribution in [0.5, 0.6) is 0 Å². The highest BCUT2D eigenvalue weighted by Gasteiger charge is 2.38. The van der Waals surface area contributed by atoms with Crippen LogP contribution in [-0.4, -0.2) is 49.2 Å². The fourth-order valence-corrected chi connectivity index (χ4v) is 4.36. The number of rotatable bonds is 5. The van der Waals surface area contributed by atoms with Crippen molar-refractivity contribution >= 4 is 27.9 Å². The van der Waals surface area contributed by atoms with E-state index in [0.717, 1.165) is 42.9 Å². The molecule has 0 aromatic heterocycles. The Balaban J connectivity index is 1.60. The van der Waals surface area contributed by atoms with Gasteiger partial charge in [-0.15, -0.1) is 0 Å². The van der Waals surface area contributed by atoms with E-state index in [0.29, 0.717) is 0 Å². The number of hydrogen-bond donors (Lipinski definition) is 1. The van der Waals surface area contributed by atoms with Gasteiger partial charge in [-0.2, -0.15) is 0 Å². The number of amides is 1. The van der Waals surface area contributed by atoms with Crippen LogP contribution in [0.1, 0.15) is 37.7 Å². The Bertz CT molecular complexity index is 605. The Morgan fingerprint density at radius 3 is 2.64 bits per heavy atom. The SMILES string of the molecule is O=C(C=Cc1ccccc1Br)NCC1(N2CCOCC2)CCCCC1. The highest BCUT2D eigenvalue weighted by Crippen LogP contribution is 2.33. The number of halogens is 1. The lowest BCUT2D eigenvalue weighted by Gasteiger charge is -2.48. The molecule has 2 fully saturated rings. The van der Waals surface area contributed by atoms with E-state index in [1.54, 1.807) is 6.08 Å². The first-order valence-electron chi connectivity index (χ1n) is 9.23. The lowest BCUT2D eigenvalue weighted by Crippen LogP contribution is -2.59. The predicted octanol–water partition coefficient (Wildman–Crippen LogP) is 3.61. The Kier molecular flexibility index (Phi) is 6.68. The topological polar surface area (TPSA) is 41.6 Å². The van der Waals surface area contributed by atoms with Crippen molar-refractivity contribution < 1.29 is 9.53 Å². The molecule has 0 unspecified atom stereocenters. The monoisotopic (exact) mass is 406 g/mol. The maximum atomic E-state index is 12.3. The molecule has 25 heavy (non-hydrogen) atoms. The molecule has 1 heterocycles. The number of carbonyl (C=O) groups excluding carboxylic acids is 1. The molecule has 2 aliphatic rings. The molecule has 0 radical (unpaired) electrons. The molecule has 1 N–H and O–H groups in total. The highest BCUT2D eigenvalue weighted by atomic mass is 79.9. The van der Waals surface area contributed by atoms with Gasteiger partial charge >= 0.3 is 0 Å². The maximum Gasteiger partial charge on any atom is 0.244 e. The van der Waals surface area contributed by atoms with Crippen LogP contribution in [0.25, 0.3) is 6.08 Å². The highest BCUT2D eigenvalue weighted by molar-refractivity contribution is 9.10. The molecule has 1 aliphatic heterocycles. The zero-order valence-electron chi connectivity index (χ0n) is 14.7. The summed E-state index contributed by atoms with van der Waals surface area (Å²) in [5.74, 6) is -0.0195. The molecule has 4 nitrogen and oxygen atoms in total. The number of hydrogen-bond acceptors (Lipinski definition) is 3. The molecule has 136 valence electrons. The number of carbonyl (C=O) groups is 1. The maximum absolute atomic E-state index is 12.3. The average molecular weight is 407 g/mol. The summed E-state index contributed by atoms with van der Waals surface area (Å²) in [6.07, 6.45) is 9.64. The quantitative estimate of drug-likeness (QED) is 0.759. The summed E-state index contributed by atoms with van der Waals surface area (Å²) in [5.41, 5.74) is 1.12. The van der Waals surface area contributed by atoms with E-state index in [-0.39, 0.29) is 11.4 Å². The molecule has 5 heteroatoms. The molecule has 1 saturated carbocycles. The van der Waals surface area contributed by atoms with Gasteiger partial charge in [0, 0.05) is 35.7 Å². The summed E-state index contributed by atoms with van der Waals surface area (Å²) in [6.45, 7) is 4.28. The van der Waals surface area contributed by atoms with Crippen molar-refractivity contribution in [2.45, 2.75) is 37.6 Å². The zero-order chi connectivity index (χ0) is 17.5. The molecule has 0 bridgehead atoms. The summed E-state index contributed by atoms with van der Waals surface area (Å²) in [6, 6.07) is 7.91. The molecule has 1 aliphatic carbocycles. The minimum atomic E-state index is -0.0195. The van der Waals surface area contributed by atoms with Crippen LogP contribution < -0.4 is 5.32 Å². The van der Waals surface area contributed by atoms with E-state index < -0.39 is 0 Å². The average Bonchev–Trinajstić information content (AvgIpc) is 2.67. The Morgan fingerprint density at radius 2 is 1.92 bits per heavy atom. The van der Waals surface area contributed by atoms with Gasteiger partial charge in [-0.05, 0) is 30.5 Å². The van der Waals surface area contributed by atoms with E-state index in [1.807, 2.05) is 30.3 Å². The lowest BCUT2D eigenvalue weighted by molar-refractivity contribution is -0.117. The lowest BCUT2D eigenvalue weighted by atomic mass is 9.79. The van der Waals surface area contributed by atoms with E-state index >= 15 is 0 Å². The minimum Gasteiger partial charge on any atom is -0.379 e. The van der Waals surface area contributed by atoms with Crippen molar-refractivity contribution in [1.82, 2.24) is 10.2 Å². The number of nitrogens with zero attached hydrogens (tertiary/aromatic N) is 1. The Hall–Kier alpha value is -1.17. The van der Waals surface area contributed by atoms with Gasteiger partial charge in [-0.25, -0.2) is 0 Å². The van der Waals surface area contributed by atoms with Crippen LogP contribution in [0.3, 0.4) is 0 Å². The second-order valence-electron chi connectivity index (χ2n) is 6.96. The summed E-state index contributed by atoms with van der Waals surface area (Å²) >= 11 is 3.51. The van der Waals surface area contributed by atoms with Crippen LogP contribution in [0.15, 0.2) is 34.8 Å². The molecule has 1 aromatic rings. The first-order chi connectivity index (χ1) is 12.2. The van der Waals surface area contributed by atoms with Crippen LogP contribution in [0, 0.1) is 0 Å². The number of ether oxygens (including phenoxy) is 1. The van der Waals surface area contributed by atoms with Crippen molar-refractivity contribution in [2.24, 2.45) is 0 Å². The molecular weight excluding hydrogens is 380 g/mol. The molecular formula is C20H27BrN2O2. The van der Waals surface area contributed by atoms with E-state index in [9.17, 15) is 4.79 Å². The third-order valence-electron chi connectivity index (χ3n) is 5.38. The van der Waals surface area contributed by atoms with Crippen LogP contribution in [-0.2, 0) is 9.53 Å². The van der Waals surface area contributed by atoms with Crippen LogP contribution >= 0.6 is 15.9 Å². The third-order valence-corrected chi connectivity index (χ3v) is 6.10. The predicted molar refractivity (Wildman–Crippen MR) is 104 cm³/mol. The second kappa shape index (κ2) is 8.97. The molecule has 0 atom stereocenters. The van der Waals surface area contributed by atoms with Gasteiger partial charge in [0.1, 0.15) is 0 Å². The number of nitrogens with one attached hydrogen (secondary N) is 1. The standard InChI is InChI=1S/C20H27BrN2O2/c21-18-7-3-2-6-17(18)8-9-19(24)22-16-20(10-4-1-5-11-20)23-12-14-25-15-13-23/h2-3,6-9H,1,4-5,10-16H2,(H,22,24). The fraction of sp³-hybridized carbons (Fsp3) is 0.550. The van der Waals surface area contributed by atoms with Gasteiger partial charge in [0.05, 0.1) is 13.2 Å². The zero-order valence-corrected chi connectivity index (χ0v) is 16.3. The van der Waals surface area contributed by atoms with Gasteiger partial charge < -0.3 is 10.1 Å². The summed E-state index contributed by atoms with van der Waals surface area (Å²) < 4.78 is 6.51. The van der Waals surface area contributed by atoms with E-state index in [1.165, 1.54) is 32.1 Å². The molecule has 0 spiro atoms. The van der Waals surface area contributed by atoms with Crippen LogP contribution in [0.4, 0.5) is 0 Å². The Morgan fingerprint density at radius 1 is 1.20 bits per heavy atom. The molecule has 3 rings (SSSR count). The van der Waals surface area contributed by atoms with Crippen molar-refractivity contribution in [3.63, 3.8) is 0 Å². The van der Waals surface area contributed by atoms with Gasteiger partial charge in [0.2, 0.25) is 5.91 Å². The van der Waals surface area contributed by atoms with Crippen molar-refractivity contribution in [1.29, 1.82) is 0 Å². The van der Waals surface area contributed by atoms with Gasteiger partial charge in [0.25, 0.3) is 0 Å².